The first-order valence-electron chi connectivity index (χ1n) is 5.04. The maximum absolute atomic E-state index is 13.4. The van der Waals surface area contributed by atoms with Gasteiger partial charge < -0.3 is 4.74 Å². The highest BCUT2D eigenvalue weighted by Gasteiger charge is 2.19. The van der Waals surface area contributed by atoms with Gasteiger partial charge in [0.25, 0.3) is 0 Å². The standard InChI is InChI=1S/C12H6BrClFNO3/c13-7-2-1-3-8(4-7)19-12-6-10(15)9(14)5-11(12)16(17)18/h1-6H. The van der Waals surface area contributed by atoms with Crippen LogP contribution in [0.25, 0.3) is 0 Å². The lowest BCUT2D eigenvalue weighted by Crippen LogP contribution is -1.95. The van der Waals surface area contributed by atoms with Crippen molar-refractivity contribution in [2.75, 3.05) is 0 Å². The fourth-order valence-electron chi connectivity index (χ4n) is 1.40. The minimum absolute atomic E-state index is 0.204. The van der Waals surface area contributed by atoms with Gasteiger partial charge in [-0.15, -0.1) is 0 Å². The molecule has 0 bridgehead atoms. The van der Waals surface area contributed by atoms with E-state index in [9.17, 15) is 14.5 Å². The number of rotatable bonds is 3. The number of nitro groups is 1. The molecule has 0 saturated carbocycles. The van der Waals surface area contributed by atoms with Crippen molar-refractivity contribution in [3.05, 3.63) is 61.8 Å². The van der Waals surface area contributed by atoms with Gasteiger partial charge in [0.1, 0.15) is 11.6 Å². The fraction of sp³-hybridized carbons (Fsp3) is 0. The largest absolute Gasteiger partial charge is 0.450 e. The van der Waals surface area contributed by atoms with E-state index in [1.54, 1.807) is 24.3 Å². The molecule has 4 nitrogen and oxygen atoms in total. The number of nitrogens with zero attached hydrogens (tertiary/aromatic N) is 1. The summed E-state index contributed by atoms with van der Waals surface area (Å²) in [6, 6.07) is 8.48. The van der Waals surface area contributed by atoms with Crippen molar-refractivity contribution in [1.29, 1.82) is 0 Å². The molecule has 2 aromatic carbocycles. The van der Waals surface area contributed by atoms with E-state index in [2.05, 4.69) is 15.9 Å². The van der Waals surface area contributed by atoms with Crippen LogP contribution in [-0.4, -0.2) is 4.92 Å². The molecular weight excluding hydrogens is 340 g/mol. The monoisotopic (exact) mass is 345 g/mol. The molecule has 0 unspecified atom stereocenters. The molecule has 7 heteroatoms. The Morgan fingerprint density at radius 2 is 2.05 bits per heavy atom. The molecule has 19 heavy (non-hydrogen) atoms. The zero-order valence-corrected chi connectivity index (χ0v) is 11.6. The average molecular weight is 347 g/mol. The molecular formula is C12H6BrClFNO3. The normalized spacial score (nSPS) is 10.3. The Morgan fingerprint density at radius 1 is 1.32 bits per heavy atom. The van der Waals surface area contributed by atoms with Crippen molar-refractivity contribution in [3.63, 3.8) is 0 Å². The summed E-state index contributed by atoms with van der Waals surface area (Å²) < 4.78 is 19.4. The SMILES string of the molecule is O=[N+]([O-])c1cc(Cl)c(F)cc1Oc1cccc(Br)c1. The summed E-state index contributed by atoms with van der Waals surface area (Å²) in [5.74, 6) is -0.638. The van der Waals surface area contributed by atoms with Crippen molar-refractivity contribution < 1.29 is 14.1 Å². The fourth-order valence-corrected chi connectivity index (χ4v) is 1.94. The maximum Gasteiger partial charge on any atom is 0.313 e. The van der Waals surface area contributed by atoms with E-state index in [0.29, 0.717) is 5.75 Å². The zero-order chi connectivity index (χ0) is 14.0. The van der Waals surface area contributed by atoms with Gasteiger partial charge in [-0.2, -0.15) is 0 Å². The zero-order valence-electron chi connectivity index (χ0n) is 9.27. The third-order valence-corrected chi connectivity index (χ3v) is 3.01. The predicted octanol–water partition coefficient (Wildman–Crippen LogP) is 4.94. The lowest BCUT2D eigenvalue weighted by molar-refractivity contribution is -0.385. The summed E-state index contributed by atoms with van der Waals surface area (Å²) in [5.41, 5.74) is -0.397. The number of halogens is 3. The van der Waals surface area contributed by atoms with E-state index in [0.717, 1.165) is 16.6 Å². The van der Waals surface area contributed by atoms with Gasteiger partial charge in [-0.1, -0.05) is 33.6 Å². The molecule has 0 aliphatic rings. The highest BCUT2D eigenvalue weighted by molar-refractivity contribution is 9.10. The lowest BCUT2D eigenvalue weighted by atomic mass is 10.3. The average Bonchev–Trinajstić information content (AvgIpc) is 2.33. The van der Waals surface area contributed by atoms with Crippen LogP contribution in [0.2, 0.25) is 5.02 Å². The number of ether oxygens (including phenoxy) is 1. The molecule has 0 aromatic heterocycles. The summed E-state index contributed by atoms with van der Waals surface area (Å²) in [6.45, 7) is 0. The Kier molecular flexibility index (Phi) is 4.01. The Hall–Kier alpha value is -1.66. The highest BCUT2D eigenvalue weighted by Crippen LogP contribution is 2.35. The second kappa shape index (κ2) is 5.54. The number of hydrogen-bond acceptors (Lipinski definition) is 3. The van der Waals surface area contributed by atoms with Gasteiger partial charge in [0.2, 0.25) is 5.75 Å². The van der Waals surface area contributed by atoms with Crippen LogP contribution in [0.3, 0.4) is 0 Å². The van der Waals surface area contributed by atoms with Crippen LogP contribution >= 0.6 is 27.5 Å². The summed E-state index contributed by atoms with van der Waals surface area (Å²) in [6.07, 6.45) is 0. The molecule has 2 rings (SSSR count). The molecule has 2 aromatic rings. The van der Waals surface area contributed by atoms with Gasteiger partial charge in [-0.05, 0) is 18.2 Å². The molecule has 0 atom stereocenters. The van der Waals surface area contributed by atoms with Gasteiger partial charge in [-0.3, -0.25) is 10.1 Å². The van der Waals surface area contributed by atoms with Crippen LogP contribution in [0, 0.1) is 15.9 Å². The van der Waals surface area contributed by atoms with E-state index >= 15 is 0 Å². The predicted molar refractivity (Wildman–Crippen MR) is 72.3 cm³/mol. The molecule has 0 heterocycles. The molecule has 0 radical (unpaired) electrons. The van der Waals surface area contributed by atoms with Gasteiger partial charge in [0, 0.05) is 16.6 Å². The summed E-state index contributed by atoms with van der Waals surface area (Å²) in [7, 11) is 0. The van der Waals surface area contributed by atoms with Crippen molar-refractivity contribution in [3.8, 4) is 11.5 Å². The molecule has 0 aliphatic carbocycles. The summed E-state index contributed by atoms with van der Waals surface area (Å²) in [4.78, 5) is 10.2. The molecule has 0 aliphatic heterocycles. The number of hydrogen-bond donors (Lipinski definition) is 0. The quantitative estimate of drug-likeness (QED) is 0.584. The molecule has 0 amide bonds. The Balaban J connectivity index is 2.44. The van der Waals surface area contributed by atoms with Gasteiger partial charge in [0.05, 0.1) is 9.95 Å². The number of benzene rings is 2. The van der Waals surface area contributed by atoms with E-state index in [1.165, 1.54) is 0 Å². The van der Waals surface area contributed by atoms with Crippen LogP contribution < -0.4 is 4.74 Å². The van der Waals surface area contributed by atoms with Gasteiger partial charge >= 0.3 is 5.69 Å². The third kappa shape index (κ3) is 3.21. The van der Waals surface area contributed by atoms with Crippen LogP contribution in [0.5, 0.6) is 11.5 Å². The Labute approximate surface area is 121 Å². The summed E-state index contributed by atoms with van der Waals surface area (Å²) in [5, 5.41) is 10.6. The van der Waals surface area contributed by atoms with E-state index in [-0.39, 0.29) is 10.8 Å². The van der Waals surface area contributed by atoms with Crippen LogP contribution in [0.1, 0.15) is 0 Å². The van der Waals surface area contributed by atoms with Crippen LogP contribution in [0.4, 0.5) is 10.1 Å². The Morgan fingerprint density at radius 3 is 2.68 bits per heavy atom. The minimum atomic E-state index is -0.780. The van der Waals surface area contributed by atoms with E-state index in [1.807, 2.05) is 0 Å². The first-order valence-corrected chi connectivity index (χ1v) is 6.21. The van der Waals surface area contributed by atoms with E-state index in [4.69, 9.17) is 16.3 Å². The molecule has 0 saturated heterocycles. The summed E-state index contributed by atoms with van der Waals surface area (Å²) >= 11 is 8.76. The van der Waals surface area contributed by atoms with Crippen LogP contribution in [-0.2, 0) is 0 Å². The Bertz CT molecular complexity index is 651. The van der Waals surface area contributed by atoms with Crippen molar-refractivity contribution in [2.24, 2.45) is 0 Å². The maximum atomic E-state index is 13.4. The second-order valence-electron chi connectivity index (χ2n) is 3.55. The molecule has 98 valence electrons. The van der Waals surface area contributed by atoms with Crippen molar-refractivity contribution in [1.82, 2.24) is 0 Å². The molecule has 0 N–H and O–H groups in total. The topological polar surface area (TPSA) is 52.4 Å². The lowest BCUT2D eigenvalue weighted by Gasteiger charge is -2.07. The van der Waals surface area contributed by atoms with Gasteiger partial charge in [0.15, 0.2) is 0 Å². The highest BCUT2D eigenvalue weighted by atomic mass is 79.9. The first kappa shape index (κ1) is 13.8. The first-order chi connectivity index (χ1) is 8.97. The molecule has 0 fully saturated rings. The van der Waals surface area contributed by atoms with Gasteiger partial charge in [-0.25, -0.2) is 4.39 Å². The minimum Gasteiger partial charge on any atom is -0.450 e. The van der Waals surface area contributed by atoms with Crippen LogP contribution in [0.15, 0.2) is 40.9 Å². The third-order valence-electron chi connectivity index (χ3n) is 2.22. The molecule has 0 spiro atoms. The number of nitro benzene ring substituents is 1. The van der Waals surface area contributed by atoms with E-state index < -0.39 is 16.4 Å². The second-order valence-corrected chi connectivity index (χ2v) is 4.87. The van der Waals surface area contributed by atoms with Crippen molar-refractivity contribution in [2.45, 2.75) is 0 Å². The van der Waals surface area contributed by atoms with Crippen molar-refractivity contribution >= 4 is 33.2 Å². The smallest absolute Gasteiger partial charge is 0.313 e.